The number of anilines is 1. The summed E-state index contributed by atoms with van der Waals surface area (Å²) in [5.41, 5.74) is 3.95. The molecular weight excluding hydrogens is 444 g/mol. The molecule has 0 saturated carbocycles. The van der Waals surface area contributed by atoms with Crippen LogP contribution in [-0.2, 0) is 17.8 Å². The van der Waals surface area contributed by atoms with E-state index in [2.05, 4.69) is 45.4 Å². The standard InChI is InChI=1S/C27H34N4O2S/c1-2-33-23-8-9-24-25(18-23)34-27(29-24)31-16-11-21(12-17-31)26(32)28-13-5-14-30-15-10-20-6-3-4-7-22(20)19-30/h3-4,6-9,18,21H,2,5,10-17,19H2,1H3,(H,28,32). The number of rotatable bonds is 8. The van der Waals surface area contributed by atoms with Crippen LogP contribution in [0.25, 0.3) is 10.2 Å². The first-order valence-corrected chi connectivity index (χ1v) is 13.4. The van der Waals surface area contributed by atoms with Crippen molar-refractivity contribution in [2.45, 2.75) is 39.2 Å². The van der Waals surface area contributed by atoms with Gasteiger partial charge in [0.1, 0.15) is 5.75 Å². The first kappa shape index (κ1) is 23.1. The van der Waals surface area contributed by atoms with Crippen molar-refractivity contribution < 1.29 is 9.53 Å². The van der Waals surface area contributed by atoms with Crippen LogP contribution in [0.3, 0.4) is 0 Å². The molecule has 2 aliphatic heterocycles. The molecule has 0 atom stereocenters. The summed E-state index contributed by atoms with van der Waals surface area (Å²) in [5.74, 6) is 1.22. The van der Waals surface area contributed by atoms with E-state index < -0.39 is 0 Å². The normalized spacial score (nSPS) is 17.0. The molecule has 34 heavy (non-hydrogen) atoms. The number of hydrogen-bond donors (Lipinski definition) is 1. The predicted molar refractivity (Wildman–Crippen MR) is 139 cm³/mol. The Kier molecular flexibility index (Phi) is 7.30. The van der Waals surface area contributed by atoms with Gasteiger partial charge in [0.05, 0.1) is 16.8 Å². The molecule has 0 unspecified atom stereocenters. The van der Waals surface area contributed by atoms with Crippen molar-refractivity contribution in [2.24, 2.45) is 5.92 Å². The number of nitrogens with zero attached hydrogens (tertiary/aromatic N) is 3. The number of nitrogens with one attached hydrogen (secondary N) is 1. The lowest BCUT2D eigenvalue weighted by Gasteiger charge is -2.31. The zero-order valence-corrected chi connectivity index (χ0v) is 20.8. The summed E-state index contributed by atoms with van der Waals surface area (Å²) in [6, 6.07) is 14.8. The van der Waals surface area contributed by atoms with Crippen molar-refractivity contribution >= 4 is 32.6 Å². The Bertz CT molecular complexity index is 1120. The second-order valence-corrected chi connectivity index (χ2v) is 10.3. The third kappa shape index (κ3) is 5.36. The molecule has 1 N–H and O–H groups in total. The van der Waals surface area contributed by atoms with Gasteiger partial charge < -0.3 is 15.0 Å². The van der Waals surface area contributed by atoms with E-state index in [9.17, 15) is 4.79 Å². The van der Waals surface area contributed by atoms with Crippen molar-refractivity contribution in [2.75, 3.05) is 44.2 Å². The summed E-state index contributed by atoms with van der Waals surface area (Å²) in [7, 11) is 0. The number of benzene rings is 2. The highest BCUT2D eigenvalue weighted by Gasteiger charge is 2.26. The van der Waals surface area contributed by atoms with E-state index in [1.165, 1.54) is 11.1 Å². The van der Waals surface area contributed by atoms with E-state index in [0.29, 0.717) is 6.61 Å². The molecular formula is C27H34N4O2S. The van der Waals surface area contributed by atoms with E-state index in [1.54, 1.807) is 11.3 Å². The lowest BCUT2D eigenvalue weighted by Crippen LogP contribution is -2.41. The minimum absolute atomic E-state index is 0.108. The molecule has 1 aromatic heterocycles. The van der Waals surface area contributed by atoms with Gasteiger partial charge in [-0.3, -0.25) is 9.69 Å². The maximum Gasteiger partial charge on any atom is 0.223 e. The summed E-state index contributed by atoms with van der Waals surface area (Å²) in [5, 5.41) is 4.24. The van der Waals surface area contributed by atoms with Gasteiger partial charge in [0, 0.05) is 45.2 Å². The van der Waals surface area contributed by atoms with Crippen LogP contribution in [0.15, 0.2) is 42.5 Å². The molecule has 0 radical (unpaired) electrons. The molecule has 2 aromatic carbocycles. The molecule has 5 rings (SSSR count). The number of aromatic nitrogens is 1. The van der Waals surface area contributed by atoms with Gasteiger partial charge in [-0.15, -0.1) is 0 Å². The predicted octanol–water partition coefficient (Wildman–Crippen LogP) is 4.48. The van der Waals surface area contributed by atoms with Gasteiger partial charge in [0.15, 0.2) is 5.13 Å². The van der Waals surface area contributed by atoms with Crippen LogP contribution < -0.4 is 15.0 Å². The number of piperidine rings is 1. The highest BCUT2D eigenvalue weighted by atomic mass is 32.1. The highest BCUT2D eigenvalue weighted by molar-refractivity contribution is 7.22. The Morgan fingerprint density at radius 1 is 1.15 bits per heavy atom. The quantitative estimate of drug-likeness (QED) is 0.484. The van der Waals surface area contributed by atoms with E-state index in [-0.39, 0.29) is 11.8 Å². The molecule has 180 valence electrons. The van der Waals surface area contributed by atoms with E-state index in [0.717, 1.165) is 86.0 Å². The average Bonchev–Trinajstić information content (AvgIpc) is 3.30. The maximum absolute atomic E-state index is 12.7. The van der Waals surface area contributed by atoms with Crippen LogP contribution in [0.5, 0.6) is 5.75 Å². The molecule has 2 aliphatic rings. The van der Waals surface area contributed by atoms with Crippen LogP contribution in [0.2, 0.25) is 0 Å². The minimum Gasteiger partial charge on any atom is -0.494 e. The maximum atomic E-state index is 12.7. The summed E-state index contributed by atoms with van der Waals surface area (Å²) in [6.45, 7) is 8.36. The Hall–Kier alpha value is -2.64. The lowest BCUT2D eigenvalue weighted by molar-refractivity contribution is -0.125. The summed E-state index contributed by atoms with van der Waals surface area (Å²) >= 11 is 1.71. The smallest absolute Gasteiger partial charge is 0.223 e. The van der Waals surface area contributed by atoms with Gasteiger partial charge in [-0.05, 0) is 61.9 Å². The lowest BCUT2D eigenvalue weighted by atomic mass is 9.96. The fraction of sp³-hybridized carbons (Fsp3) is 0.481. The van der Waals surface area contributed by atoms with Gasteiger partial charge in [0.2, 0.25) is 5.91 Å². The van der Waals surface area contributed by atoms with E-state index in [4.69, 9.17) is 9.72 Å². The van der Waals surface area contributed by atoms with Crippen LogP contribution in [0.1, 0.15) is 37.3 Å². The second kappa shape index (κ2) is 10.7. The number of carbonyl (C=O) groups excluding carboxylic acids is 1. The molecule has 1 amide bonds. The van der Waals surface area contributed by atoms with Crippen LogP contribution in [0.4, 0.5) is 5.13 Å². The third-order valence-corrected chi connectivity index (χ3v) is 8.03. The number of carbonyl (C=O) groups is 1. The number of fused-ring (bicyclic) bond motifs is 2. The number of hydrogen-bond acceptors (Lipinski definition) is 6. The number of amides is 1. The van der Waals surface area contributed by atoms with Crippen molar-refractivity contribution in [1.29, 1.82) is 0 Å². The minimum atomic E-state index is 0.108. The molecule has 0 spiro atoms. The average molecular weight is 479 g/mol. The van der Waals surface area contributed by atoms with E-state index >= 15 is 0 Å². The molecule has 1 fully saturated rings. The summed E-state index contributed by atoms with van der Waals surface area (Å²) in [6.07, 6.45) is 3.90. The first-order chi connectivity index (χ1) is 16.7. The monoisotopic (exact) mass is 478 g/mol. The summed E-state index contributed by atoms with van der Waals surface area (Å²) in [4.78, 5) is 22.4. The van der Waals surface area contributed by atoms with Crippen LogP contribution in [0, 0.1) is 5.92 Å². The van der Waals surface area contributed by atoms with Crippen molar-refractivity contribution in [1.82, 2.24) is 15.2 Å². The fourth-order valence-electron chi connectivity index (χ4n) is 5.02. The molecule has 7 heteroatoms. The third-order valence-electron chi connectivity index (χ3n) is 6.96. The zero-order valence-electron chi connectivity index (χ0n) is 20.0. The molecule has 0 bridgehead atoms. The van der Waals surface area contributed by atoms with Crippen molar-refractivity contribution in [3.8, 4) is 5.75 Å². The Morgan fingerprint density at radius 3 is 2.79 bits per heavy atom. The van der Waals surface area contributed by atoms with Crippen LogP contribution >= 0.6 is 11.3 Å². The molecule has 0 aliphatic carbocycles. The van der Waals surface area contributed by atoms with Gasteiger partial charge in [-0.2, -0.15) is 0 Å². The van der Waals surface area contributed by atoms with Crippen molar-refractivity contribution in [3.63, 3.8) is 0 Å². The van der Waals surface area contributed by atoms with Gasteiger partial charge in [-0.1, -0.05) is 35.6 Å². The SMILES string of the molecule is CCOc1ccc2nc(N3CCC(C(=O)NCCCN4CCc5ccccc5C4)CC3)sc2c1. The Morgan fingerprint density at radius 2 is 1.97 bits per heavy atom. The van der Waals surface area contributed by atoms with Gasteiger partial charge >= 0.3 is 0 Å². The Labute approximate surface area is 205 Å². The van der Waals surface area contributed by atoms with E-state index in [1.807, 2.05) is 19.1 Å². The molecule has 1 saturated heterocycles. The molecule has 3 aromatic rings. The second-order valence-electron chi connectivity index (χ2n) is 9.26. The Balaban J connectivity index is 1.04. The van der Waals surface area contributed by atoms with Crippen molar-refractivity contribution in [3.05, 3.63) is 53.6 Å². The molecule has 6 nitrogen and oxygen atoms in total. The highest BCUT2D eigenvalue weighted by Crippen LogP contribution is 2.33. The number of ether oxygens (including phenoxy) is 1. The topological polar surface area (TPSA) is 57.7 Å². The molecule has 3 heterocycles. The zero-order chi connectivity index (χ0) is 23.3. The van der Waals surface area contributed by atoms with Gasteiger partial charge in [0.25, 0.3) is 0 Å². The summed E-state index contributed by atoms with van der Waals surface area (Å²) < 4.78 is 6.77. The first-order valence-electron chi connectivity index (χ1n) is 12.5. The largest absolute Gasteiger partial charge is 0.494 e. The van der Waals surface area contributed by atoms with Crippen LogP contribution in [-0.4, -0.2) is 55.1 Å². The van der Waals surface area contributed by atoms with Gasteiger partial charge in [-0.25, -0.2) is 4.98 Å². The number of thiazole rings is 1. The fourth-order valence-corrected chi connectivity index (χ4v) is 6.07.